The van der Waals surface area contributed by atoms with Gasteiger partial charge < -0.3 is 14.6 Å². The molecule has 7 nitrogen and oxygen atoms in total. The average molecular weight is 404 g/mol. The van der Waals surface area contributed by atoms with E-state index in [0.29, 0.717) is 28.4 Å². The van der Waals surface area contributed by atoms with Gasteiger partial charge in [-0.05, 0) is 31.2 Å². The molecule has 1 N–H and O–H groups in total. The summed E-state index contributed by atoms with van der Waals surface area (Å²) in [6.07, 6.45) is 1.48. The maximum absolute atomic E-state index is 12.0. The number of amides is 1. The summed E-state index contributed by atoms with van der Waals surface area (Å²) in [6, 6.07) is 11.1. The standard InChI is InChI=1S/C18H18ClN5O2S/c1-12-3-6-14(7-4-12)26-10-16-22-23-18(24(16)2)27-11-17(25)21-15-8-5-13(19)9-20-15/h3-9H,10-11H2,1-2H3,(H,20,21,25). The quantitative estimate of drug-likeness (QED) is 0.608. The fourth-order valence-corrected chi connectivity index (χ4v) is 2.98. The molecule has 0 saturated carbocycles. The van der Waals surface area contributed by atoms with E-state index in [2.05, 4.69) is 20.5 Å². The zero-order valence-electron chi connectivity index (χ0n) is 14.8. The van der Waals surface area contributed by atoms with Gasteiger partial charge in [-0.1, -0.05) is 41.1 Å². The van der Waals surface area contributed by atoms with Crippen LogP contribution >= 0.6 is 23.4 Å². The van der Waals surface area contributed by atoms with Crippen LogP contribution in [0.25, 0.3) is 0 Å². The van der Waals surface area contributed by atoms with E-state index in [-0.39, 0.29) is 11.7 Å². The Balaban J connectivity index is 1.51. The maximum atomic E-state index is 12.0. The van der Waals surface area contributed by atoms with E-state index < -0.39 is 0 Å². The number of carbonyl (C=O) groups excluding carboxylic acids is 1. The van der Waals surface area contributed by atoms with Gasteiger partial charge in [-0.25, -0.2) is 4.98 Å². The summed E-state index contributed by atoms with van der Waals surface area (Å²) in [5.74, 6) is 1.91. The van der Waals surface area contributed by atoms with Crippen molar-refractivity contribution < 1.29 is 9.53 Å². The van der Waals surface area contributed by atoms with Crippen LogP contribution in [0.1, 0.15) is 11.4 Å². The molecular formula is C18H18ClN5O2S. The first-order chi connectivity index (χ1) is 13.0. The Morgan fingerprint density at radius 2 is 2.00 bits per heavy atom. The number of carbonyl (C=O) groups is 1. The third kappa shape index (κ3) is 5.45. The summed E-state index contributed by atoms with van der Waals surface area (Å²) in [4.78, 5) is 16.1. The number of aromatic nitrogens is 4. The number of halogens is 1. The number of nitrogens with one attached hydrogen (secondary N) is 1. The van der Waals surface area contributed by atoms with Gasteiger partial charge in [-0.3, -0.25) is 4.79 Å². The van der Waals surface area contributed by atoms with Crippen LogP contribution in [0.5, 0.6) is 5.75 Å². The number of anilines is 1. The highest BCUT2D eigenvalue weighted by Gasteiger charge is 2.12. The lowest BCUT2D eigenvalue weighted by atomic mass is 10.2. The number of hydrogen-bond donors (Lipinski definition) is 1. The number of ether oxygens (including phenoxy) is 1. The number of nitrogens with zero attached hydrogens (tertiary/aromatic N) is 4. The summed E-state index contributed by atoms with van der Waals surface area (Å²) >= 11 is 7.06. The molecule has 0 radical (unpaired) electrons. The van der Waals surface area contributed by atoms with Gasteiger partial charge >= 0.3 is 0 Å². The molecule has 27 heavy (non-hydrogen) atoms. The minimum absolute atomic E-state index is 0.185. The lowest BCUT2D eigenvalue weighted by Crippen LogP contribution is -2.15. The van der Waals surface area contributed by atoms with Gasteiger partial charge in [0.2, 0.25) is 5.91 Å². The van der Waals surface area contributed by atoms with E-state index in [1.807, 2.05) is 42.8 Å². The van der Waals surface area contributed by atoms with Gasteiger partial charge in [0.05, 0.1) is 10.8 Å². The van der Waals surface area contributed by atoms with Crippen LogP contribution in [0, 0.1) is 6.92 Å². The topological polar surface area (TPSA) is 81.9 Å². The zero-order valence-corrected chi connectivity index (χ0v) is 16.4. The number of rotatable bonds is 7. The van der Waals surface area contributed by atoms with Crippen molar-refractivity contribution in [3.05, 3.63) is 59.0 Å². The van der Waals surface area contributed by atoms with Crippen molar-refractivity contribution in [3.8, 4) is 5.75 Å². The lowest BCUT2D eigenvalue weighted by Gasteiger charge is -2.07. The fraction of sp³-hybridized carbons (Fsp3) is 0.222. The number of aryl methyl sites for hydroxylation is 1. The Kier molecular flexibility index (Phi) is 6.31. The predicted molar refractivity (Wildman–Crippen MR) is 105 cm³/mol. The van der Waals surface area contributed by atoms with Crippen molar-refractivity contribution in [2.75, 3.05) is 11.1 Å². The SMILES string of the molecule is Cc1ccc(OCc2nnc(SCC(=O)Nc3ccc(Cl)cn3)n2C)cc1. The predicted octanol–water partition coefficient (Wildman–Crippen LogP) is 3.48. The second-order valence-corrected chi connectivity index (χ2v) is 7.14. The molecule has 9 heteroatoms. The van der Waals surface area contributed by atoms with Crippen LogP contribution in [0.15, 0.2) is 47.8 Å². The molecule has 3 aromatic rings. The number of pyridine rings is 1. The van der Waals surface area contributed by atoms with Crippen molar-refractivity contribution in [2.45, 2.75) is 18.7 Å². The summed E-state index contributed by atoms with van der Waals surface area (Å²) in [5.41, 5.74) is 1.17. The minimum Gasteiger partial charge on any atom is -0.486 e. The van der Waals surface area contributed by atoms with Crippen LogP contribution in [0.4, 0.5) is 5.82 Å². The Hall–Kier alpha value is -2.58. The van der Waals surface area contributed by atoms with Crippen molar-refractivity contribution >= 4 is 35.1 Å². The first-order valence-corrected chi connectivity index (χ1v) is 9.49. The van der Waals surface area contributed by atoms with Gasteiger partial charge in [0.1, 0.15) is 18.2 Å². The second kappa shape index (κ2) is 8.88. The van der Waals surface area contributed by atoms with Gasteiger partial charge in [0, 0.05) is 13.2 Å². The molecule has 0 saturated heterocycles. The lowest BCUT2D eigenvalue weighted by molar-refractivity contribution is -0.113. The Morgan fingerprint density at radius 3 is 2.70 bits per heavy atom. The van der Waals surface area contributed by atoms with Crippen molar-refractivity contribution in [1.29, 1.82) is 0 Å². The van der Waals surface area contributed by atoms with Crippen LogP contribution in [0.3, 0.4) is 0 Å². The van der Waals surface area contributed by atoms with Crippen molar-refractivity contribution in [2.24, 2.45) is 7.05 Å². The molecule has 1 aromatic carbocycles. The van der Waals surface area contributed by atoms with Crippen LogP contribution in [-0.4, -0.2) is 31.4 Å². The fourth-order valence-electron chi connectivity index (χ4n) is 2.14. The highest BCUT2D eigenvalue weighted by Crippen LogP contribution is 2.18. The molecule has 0 bridgehead atoms. The molecule has 0 aliphatic rings. The number of thioether (sulfide) groups is 1. The summed E-state index contributed by atoms with van der Waals surface area (Å²) in [5, 5.41) is 12.1. The van der Waals surface area contributed by atoms with Crippen LogP contribution in [-0.2, 0) is 18.4 Å². The highest BCUT2D eigenvalue weighted by molar-refractivity contribution is 7.99. The first-order valence-electron chi connectivity index (χ1n) is 8.13. The van der Waals surface area contributed by atoms with Crippen molar-refractivity contribution in [3.63, 3.8) is 0 Å². The van der Waals surface area contributed by atoms with Crippen LogP contribution < -0.4 is 10.1 Å². The molecule has 0 fully saturated rings. The van der Waals surface area contributed by atoms with Crippen LogP contribution in [0.2, 0.25) is 5.02 Å². The molecule has 2 aromatic heterocycles. The first kappa shape index (κ1) is 19.2. The summed E-state index contributed by atoms with van der Waals surface area (Å²) in [7, 11) is 1.84. The van der Waals surface area contributed by atoms with Gasteiger partial charge in [0.25, 0.3) is 0 Å². The summed E-state index contributed by atoms with van der Waals surface area (Å²) in [6.45, 7) is 2.32. The zero-order chi connectivity index (χ0) is 19.2. The van der Waals surface area contributed by atoms with E-state index in [0.717, 1.165) is 5.75 Å². The third-order valence-electron chi connectivity index (χ3n) is 3.64. The van der Waals surface area contributed by atoms with Gasteiger partial charge in [-0.15, -0.1) is 10.2 Å². The van der Waals surface area contributed by atoms with E-state index in [9.17, 15) is 4.79 Å². The second-order valence-electron chi connectivity index (χ2n) is 5.76. The normalized spacial score (nSPS) is 10.6. The number of benzene rings is 1. The van der Waals surface area contributed by atoms with E-state index in [1.165, 1.54) is 23.5 Å². The molecule has 0 spiro atoms. The largest absolute Gasteiger partial charge is 0.486 e. The molecule has 0 aliphatic heterocycles. The smallest absolute Gasteiger partial charge is 0.236 e. The maximum Gasteiger partial charge on any atom is 0.236 e. The molecule has 3 rings (SSSR count). The molecule has 140 valence electrons. The van der Waals surface area contributed by atoms with E-state index in [1.54, 1.807) is 12.1 Å². The molecule has 2 heterocycles. The van der Waals surface area contributed by atoms with Gasteiger partial charge in [0.15, 0.2) is 11.0 Å². The molecular weight excluding hydrogens is 386 g/mol. The third-order valence-corrected chi connectivity index (χ3v) is 4.89. The highest BCUT2D eigenvalue weighted by atomic mass is 35.5. The molecule has 1 amide bonds. The van der Waals surface area contributed by atoms with Crippen molar-refractivity contribution in [1.82, 2.24) is 19.7 Å². The average Bonchev–Trinajstić information content (AvgIpc) is 3.01. The van der Waals surface area contributed by atoms with E-state index in [4.69, 9.17) is 16.3 Å². The van der Waals surface area contributed by atoms with E-state index >= 15 is 0 Å². The Morgan fingerprint density at radius 1 is 1.22 bits per heavy atom. The van der Waals surface area contributed by atoms with Gasteiger partial charge in [-0.2, -0.15) is 0 Å². The number of hydrogen-bond acceptors (Lipinski definition) is 6. The Labute approximate surface area is 166 Å². The Bertz CT molecular complexity index is 913. The monoisotopic (exact) mass is 403 g/mol. The molecule has 0 unspecified atom stereocenters. The molecule has 0 aliphatic carbocycles. The summed E-state index contributed by atoms with van der Waals surface area (Å²) < 4.78 is 7.54. The minimum atomic E-state index is -0.185. The molecule has 0 atom stereocenters.